The number of fused-ring (bicyclic) bond motifs is 1. The molecule has 0 saturated carbocycles. The first-order valence-corrected chi connectivity index (χ1v) is 7.33. The molecule has 1 heterocycles. The fourth-order valence-electron chi connectivity index (χ4n) is 2.71. The van der Waals surface area contributed by atoms with Crippen LogP contribution in [0, 0.1) is 0 Å². The lowest BCUT2D eigenvalue weighted by Gasteiger charge is -2.22. The standard InChI is InChI=1S/C16H15Cl2NO/c1-19-15(14-12(17)6-3-7-13(14)18)11-5-2-4-10-8-9-20-16(10)11/h2-7,15,19H,8-9H2,1H3. The highest BCUT2D eigenvalue weighted by atomic mass is 35.5. The van der Waals surface area contributed by atoms with Crippen LogP contribution in [0.5, 0.6) is 5.75 Å². The van der Waals surface area contributed by atoms with E-state index in [1.54, 1.807) is 0 Å². The summed E-state index contributed by atoms with van der Waals surface area (Å²) in [6, 6.07) is 11.7. The van der Waals surface area contributed by atoms with Gasteiger partial charge in [0.25, 0.3) is 0 Å². The Morgan fingerprint density at radius 2 is 1.80 bits per heavy atom. The summed E-state index contributed by atoms with van der Waals surface area (Å²) in [6.07, 6.45) is 0.954. The van der Waals surface area contributed by atoms with Gasteiger partial charge in [-0.05, 0) is 24.7 Å². The minimum absolute atomic E-state index is 0.0794. The van der Waals surface area contributed by atoms with Gasteiger partial charge in [-0.2, -0.15) is 0 Å². The van der Waals surface area contributed by atoms with Crippen molar-refractivity contribution in [2.45, 2.75) is 12.5 Å². The van der Waals surface area contributed by atoms with Crippen LogP contribution in [0.2, 0.25) is 10.0 Å². The normalized spacial score (nSPS) is 14.8. The molecule has 4 heteroatoms. The van der Waals surface area contributed by atoms with Crippen LogP contribution in [0.3, 0.4) is 0 Å². The summed E-state index contributed by atoms with van der Waals surface area (Å²) >= 11 is 12.7. The smallest absolute Gasteiger partial charge is 0.127 e. The van der Waals surface area contributed by atoms with Crippen LogP contribution in [0.4, 0.5) is 0 Å². The summed E-state index contributed by atoms with van der Waals surface area (Å²) in [5.41, 5.74) is 3.21. The van der Waals surface area contributed by atoms with Crippen molar-refractivity contribution in [2.24, 2.45) is 0 Å². The van der Waals surface area contributed by atoms with Gasteiger partial charge in [0.05, 0.1) is 12.6 Å². The third-order valence-corrected chi connectivity index (χ3v) is 4.29. The molecular weight excluding hydrogens is 293 g/mol. The maximum Gasteiger partial charge on any atom is 0.127 e. The highest BCUT2D eigenvalue weighted by Gasteiger charge is 2.25. The topological polar surface area (TPSA) is 21.3 Å². The van der Waals surface area contributed by atoms with E-state index in [4.69, 9.17) is 27.9 Å². The molecule has 1 atom stereocenters. The second kappa shape index (κ2) is 5.65. The summed E-state index contributed by atoms with van der Waals surface area (Å²) < 4.78 is 5.79. The molecule has 0 saturated heterocycles. The van der Waals surface area contributed by atoms with E-state index in [1.807, 2.05) is 25.2 Å². The number of rotatable bonds is 3. The number of benzene rings is 2. The van der Waals surface area contributed by atoms with Gasteiger partial charge < -0.3 is 10.1 Å². The number of halogens is 2. The SMILES string of the molecule is CNC(c1cccc2c1OCC2)c1c(Cl)cccc1Cl. The molecule has 0 aromatic heterocycles. The van der Waals surface area contributed by atoms with Gasteiger partial charge in [-0.25, -0.2) is 0 Å². The highest BCUT2D eigenvalue weighted by molar-refractivity contribution is 6.36. The van der Waals surface area contributed by atoms with Crippen molar-refractivity contribution in [1.82, 2.24) is 5.32 Å². The highest BCUT2D eigenvalue weighted by Crippen LogP contribution is 2.40. The summed E-state index contributed by atoms with van der Waals surface area (Å²) in [6.45, 7) is 0.735. The van der Waals surface area contributed by atoms with Crippen molar-refractivity contribution < 1.29 is 4.74 Å². The third-order valence-electron chi connectivity index (χ3n) is 3.63. The van der Waals surface area contributed by atoms with Crippen molar-refractivity contribution >= 4 is 23.2 Å². The summed E-state index contributed by atoms with van der Waals surface area (Å²) in [7, 11) is 1.90. The van der Waals surface area contributed by atoms with Gasteiger partial charge >= 0.3 is 0 Å². The van der Waals surface area contributed by atoms with E-state index in [0.717, 1.165) is 29.9 Å². The molecule has 1 N–H and O–H groups in total. The van der Waals surface area contributed by atoms with Gasteiger partial charge in [-0.3, -0.25) is 0 Å². The molecule has 2 aromatic rings. The summed E-state index contributed by atoms with van der Waals surface area (Å²) in [4.78, 5) is 0. The van der Waals surface area contributed by atoms with Gasteiger partial charge in [0, 0.05) is 27.6 Å². The van der Waals surface area contributed by atoms with E-state index in [1.165, 1.54) is 5.56 Å². The maximum absolute atomic E-state index is 6.34. The Kier molecular flexibility index (Phi) is 3.88. The maximum atomic E-state index is 6.34. The lowest BCUT2D eigenvalue weighted by atomic mass is 9.96. The van der Waals surface area contributed by atoms with E-state index in [-0.39, 0.29) is 6.04 Å². The van der Waals surface area contributed by atoms with E-state index in [9.17, 15) is 0 Å². The molecule has 0 amide bonds. The molecule has 2 aromatic carbocycles. The molecule has 3 rings (SSSR count). The molecule has 1 aliphatic rings. The van der Waals surface area contributed by atoms with Gasteiger partial charge in [0.1, 0.15) is 5.75 Å². The number of hydrogen-bond donors (Lipinski definition) is 1. The van der Waals surface area contributed by atoms with Crippen LogP contribution < -0.4 is 10.1 Å². The Morgan fingerprint density at radius 1 is 1.10 bits per heavy atom. The lowest BCUT2D eigenvalue weighted by Crippen LogP contribution is -2.19. The Bertz CT molecular complexity index is 622. The molecule has 0 fully saturated rings. The molecule has 0 aliphatic carbocycles. The zero-order chi connectivity index (χ0) is 14.1. The quantitative estimate of drug-likeness (QED) is 0.916. The number of nitrogens with one attached hydrogen (secondary N) is 1. The zero-order valence-corrected chi connectivity index (χ0v) is 12.6. The monoisotopic (exact) mass is 307 g/mol. The van der Waals surface area contributed by atoms with E-state index in [2.05, 4.69) is 23.5 Å². The molecule has 104 valence electrons. The molecule has 2 nitrogen and oxygen atoms in total. The molecule has 1 unspecified atom stereocenters. The molecular formula is C16H15Cl2NO. The summed E-state index contributed by atoms with van der Waals surface area (Å²) in [5, 5.41) is 4.62. The second-order valence-electron chi connectivity index (χ2n) is 4.79. The average Bonchev–Trinajstić information content (AvgIpc) is 2.91. The summed E-state index contributed by atoms with van der Waals surface area (Å²) in [5.74, 6) is 0.961. The minimum Gasteiger partial charge on any atom is -0.493 e. The average molecular weight is 308 g/mol. The van der Waals surface area contributed by atoms with Gasteiger partial charge in [0.15, 0.2) is 0 Å². The number of para-hydroxylation sites is 1. The molecule has 0 spiro atoms. The third kappa shape index (κ3) is 2.28. The largest absolute Gasteiger partial charge is 0.493 e. The molecule has 0 radical (unpaired) electrons. The van der Waals surface area contributed by atoms with Crippen LogP contribution in [0.25, 0.3) is 0 Å². The van der Waals surface area contributed by atoms with Crippen LogP contribution in [0.15, 0.2) is 36.4 Å². The fraction of sp³-hybridized carbons (Fsp3) is 0.250. The number of ether oxygens (including phenoxy) is 1. The van der Waals surface area contributed by atoms with Crippen LogP contribution in [-0.2, 0) is 6.42 Å². The predicted molar refractivity (Wildman–Crippen MR) is 83.0 cm³/mol. The van der Waals surface area contributed by atoms with E-state index < -0.39 is 0 Å². The molecule has 1 aliphatic heterocycles. The zero-order valence-electron chi connectivity index (χ0n) is 11.1. The van der Waals surface area contributed by atoms with Crippen molar-refractivity contribution in [3.05, 3.63) is 63.1 Å². The second-order valence-corrected chi connectivity index (χ2v) is 5.61. The Balaban J connectivity index is 2.14. The van der Waals surface area contributed by atoms with Gasteiger partial charge in [-0.15, -0.1) is 0 Å². The Labute approximate surface area is 128 Å². The van der Waals surface area contributed by atoms with E-state index in [0.29, 0.717) is 10.0 Å². The lowest BCUT2D eigenvalue weighted by molar-refractivity contribution is 0.351. The van der Waals surface area contributed by atoms with Crippen molar-refractivity contribution in [3.63, 3.8) is 0 Å². The van der Waals surface area contributed by atoms with Crippen molar-refractivity contribution in [2.75, 3.05) is 13.7 Å². The van der Waals surface area contributed by atoms with Crippen LogP contribution >= 0.6 is 23.2 Å². The molecule has 20 heavy (non-hydrogen) atoms. The van der Waals surface area contributed by atoms with Crippen LogP contribution in [0.1, 0.15) is 22.7 Å². The predicted octanol–water partition coefficient (Wildman–Crippen LogP) is 4.24. The Morgan fingerprint density at radius 3 is 2.50 bits per heavy atom. The fourth-order valence-corrected chi connectivity index (χ4v) is 3.33. The first-order valence-electron chi connectivity index (χ1n) is 6.58. The van der Waals surface area contributed by atoms with Gasteiger partial charge in [-0.1, -0.05) is 47.5 Å². The van der Waals surface area contributed by atoms with Gasteiger partial charge in [0.2, 0.25) is 0 Å². The Hall–Kier alpha value is -1.22. The first-order chi connectivity index (χ1) is 9.72. The van der Waals surface area contributed by atoms with Crippen molar-refractivity contribution in [3.8, 4) is 5.75 Å². The molecule has 0 bridgehead atoms. The first kappa shape index (κ1) is 13.7. The van der Waals surface area contributed by atoms with Crippen LogP contribution in [-0.4, -0.2) is 13.7 Å². The van der Waals surface area contributed by atoms with E-state index >= 15 is 0 Å². The van der Waals surface area contributed by atoms with Crippen molar-refractivity contribution in [1.29, 1.82) is 0 Å². The minimum atomic E-state index is -0.0794. The number of hydrogen-bond acceptors (Lipinski definition) is 2.